The van der Waals surface area contributed by atoms with Crippen molar-refractivity contribution in [1.29, 1.82) is 0 Å². The number of rotatable bonds is 4. The molecule has 2 nitrogen and oxygen atoms in total. The zero-order valence-electron chi connectivity index (χ0n) is 25.1. The Hall–Kier alpha value is -6.12. The summed E-state index contributed by atoms with van der Waals surface area (Å²) in [4.78, 5) is 10.5. The van der Waals surface area contributed by atoms with Crippen molar-refractivity contribution in [2.24, 2.45) is 0 Å². The molecule has 9 rings (SSSR count). The largest absolute Gasteiger partial charge is 0.247 e. The van der Waals surface area contributed by atoms with Crippen LogP contribution in [-0.4, -0.2) is 9.97 Å². The summed E-state index contributed by atoms with van der Waals surface area (Å²) in [6.45, 7) is 0. The van der Waals surface area contributed by atoms with Gasteiger partial charge in [0.15, 0.2) is 0 Å². The highest BCUT2D eigenvalue weighted by molar-refractivity contribution is 6.16. The van der Waals surface area contributed by atoms with Gasteiger partial charge >= 0.3 is 0 Å². The maximum atomic E-state index is 5.31. The molecule has 0 atom stereocenters. The number of hydrogen-bond acceptors (Lipinski definition) is 2. The normalized spacial score (nSPS) is 11.5. The molecule has 9 aromatic rings. The van der Waals surface area contributed by atoms with E-state index in [4.69, 9.17) is 9.97 Å². The van der Waals surface area contributed by atoms with Crippen molar-refractivity contribution < 1.29 is 0 Å². The van der Waals surface area contributed by atoms with E-state index >= 15 is 0 Å². The second-order valence-electron chi connectivity index (χ2n) is 11.8. The van der Waals surface area contributed by atoms with Crippen molar-refractivity contribution in [3.8, 4) is 44.8 Å². The molecule has 2 heterocycles. The summed E-state index contributed by atoms with van der Waals surface area (Å²) in [7, 11) is 0. The summed E-state index contributed by atoms with van der Waals surface area (Å²) < 4.78 is 0. The smallest absolute Gasteiger partial charge is 0.0794 e. The predicted molar refractivity (Wildman–Crippen MR) is 194 cm³/mol. The van der Waals surface area contributed by atoms with Gasteiger partial charge in [0, 0.05) is 32.7 Å². The molecule has 0 aliphatic heterocycles. The summed E-state index contributed by atoms with van der Waals surface area (Å²) in [6.07, 6.45) is 0. The van der Waals surface area contributed by atoms with Crippen LogP contribution in [0.15, 0.2) is 170 Å². The van der Waals surface area contributed by atoms with E-state index in [1.807, 2.05) is 0 Å². The fourth-order valence-electron chi connectivity index (χ4n) is 6.84. The number of hydrogen-bond donors (Lipinski definition) is 0. The van der Waals surface area contributed by atoms with Crippen LogP contribution < -0.4 is 0 Å². The second kappa shape index (κ2) is 10.8. The Morgan fingerprint density at radius 2 is 0.826 bits per heavy atom. The fraction of sp³-hybridized carbons (Fsp3) is 0. The van der Waals surface area contributed by atoms with Crippen molar-refractivity contribution in [3.05, 3.63) is 170 Å². The third-order valence-electron chi connectivity index (χ3n) is 9.05. The fourth-order valence-corrected chi connectivity index (χ4v) is 6.84. The molecule has 0 radical (unpaired) electrons. The molecular formula is C44H28N2. The molecule has 0 bridgehead atoms. The van der Waals surface area contributed by atoms with Crippen LogP contribution in [0.4, 0.5) is 0 Å². The van der Waals surface area contributed by atoms with Crippen LogP contribution in [0.25, 0.3) is 88.1 Å². The number of aromatic nitrogens is 2. The number of para-hydroxylation sites is 1. The SMILES string of the molecule is c1ccc(-c2cc(-c3ccc(-c4nc5ccccc5c5ccccc45)cc3)c3cc(-c4ccccc4)c4ccccc4c3n2)cc1. The lowest BCUT2D eigenvalue weighted by atomic mass is 9.90. The molecule has 0 saturated heterocycles. The maximum absolute atomic E-state index is 5.31. The summed E-state index contributed by atoms with van der Waals surface area (Å²) in [6, 6.07) is 60.2. The topological polar surface area (TPSA) is 25.8 Å². The van der Waals surface area contributed by atoms with Crippen LogP contribution in [0, 0.1) is 0 Å². The van der Waals surface area contributed by atoms with Gasteiger partial charge in [-0.15, -0.1) is 0 Å². The standard InChI is InChI=1S/C44H28N2/c1-3-13-29(14-4-1)38-27-40-39(28-42(31-15-5-2-6-16-31)46-44(40)37-21-10-8-18-34(37)38)30-23-25-32(26-24-30)43-36-20-9-7-17-33(36)35-19-11-12-22-41(35)45-43/h1-28H. The number of pyridine rings is 2. The molecule has 0 saturated carbocycles. The van der Waals surface area contributed by atoms with Crippen LogP contribution in [-0.2, 0) is 0 Å². The van der Waals surface area contributed by atoms with Crippen molar-refractivity contribution in [1.82, 2.24) is 9.97 Å². The minimum atomic E-state index is 0.965. The van der Waals surface area contributed by atoms with Crippen LogP contribution in [0.2, 0.25) is 0 Å². The highest BCUT2D eigenvalue weighted by Gasteiger charge is 2.17. The molecule has 214 valence electrons. The zero-order chi connectivity index (χ0) is 30.5. The molecule has 2 aromatic heterocycles. The van der Waals surface area contributed by atoms with Gasteiger partial charge in [0.05, 0.1) is 22.4 Å². The van der Waals surface area contributed by atoms with Gasteiger partial charge in [-0.2, -0.15) is 0 Å². The quantitative estimate of drug-likeness (QED) is 0.192. The summed E-state index contributed by atoms with van der Waals surface area (Å²) in [5.41, 5.74) is 10.9. The van der Waals surface area contributed by atoms with Gasteiger partial charge in [0.1, 0.15) is 0 Å². The molecule has 7 aromatic carbocycles. The predicted octanol–water partition coefficient (Wildman–Crippen LogP) is 11.8. The van der Waals surface area contributed by atoms with Crippen LogP contribution >= 0.6 is 0 Å². The average Bonchev–Trinajstić information content (AvgIpc) is 3.14. The van der Waals surface area contributed by atoms with Crippen LogP contribution in [0.5, 0.6) is 0 Å². The highest BCUT2D eigenvalue weighted by Crippen LogP contribution is 2.41. The van der Waals surface area contributed by atoms with Gasteiger partial charge < -0.3 is 0 Å². The Balaban J connectivity index is 1.29. The van der Waals surface area contributed by atoms with Gasteiger partial charge in [-0.25, -0.2) is 9.97 Å². The number of nitrogens with zero attached hydrogens (tertiary/aromatic N) is 2. The number of benzene rings is 7. The van der Waals surface area contributed by atoms with Crippen LogP contribution in [0.1, 0.15) is 0 Å². The minimum absolute atomic E-state index is 0.965. The molecule has 0 amide bonds. The molecule has 46 heavy (non-hydrogen) atoms. The van der Waals surface area contributed by atoms with Crippen molar-refractivity contribution >= 4 is 43.4 Å². The van der Waals surface area contributed by atoms with Crippen LogP contribution in [0.3, 0.4) is 0 Å². The van der Waals surface area contributed by atoms with Crippen molar-refractivity contribution in [2.75, 3.05) is 0 Å². The first kappa shape index (κ1) is 26.3. The van der Waals surface area contributed by atoms with Gasteiger partial charge in [-0.1, -0.05) is 152 Å². The lowest BCUT2D eigenvalue weighted by Gasteiger charge is -2.16. The third-order valence-corrected chi connectivity index (χ3v) is 9.05. The zero-order valence-corrected chi connectivity index (χ0v) is 25.1. The van der Waals surface area contributed by atoms with E-state index in [-0.39, 0.29) is 0 Å². The molecular weight excluding hydrogens is 556 g/mol. The van der Waals surface area contributed by atoms with E-state index in [0.717, 1.165) is 60.8 Å². The van der Waals surface area contributed by atoms with E-state index in [0.29, 0.717) is 0 Å². The van der Waals surface area contributed by atoms with Gasteiger partial charge in [-0.05, 0) is 51.2 Å². The lowest BCUT2D eigenvalue weighted by Crippen LogP contribution is -1.94. The van der Waals surface area contributed by atoms with Crippen molar-refractivity contribution in [2.45, 2.75) is 0 Å². The van der Waals surface area contributed by atoms with Gasteiger partial charge in [0.25, 0.3) is 0 Å². The Morgan fingerprint density at radius 1 is 0.304 bits per heavy atom. The van der Waals surface area contributed by atoms with E-state index in [1.165, 1.54) is 27.3 Å². The summed E-state index contributed by atoms with van der Waals surface area (Å²) in [5, 5.41) is 7.06. The summed E-state index contributed by atoms with van der Waals surface area (Å²) in [5.74, 6) is 0. The molecule has 0 fully saturated rings. The molecule has 2 heteroatoms. The Morgan fingerprint density at radius 3 is 1.57 bits per heavy atom. The highest BCUT2D eigenvalue weighted by atomic mass is 14.7. The van der Waals surface area contributed by atoms with Gasteiger partial charge in [0.2, 0.25) is 0 Å². The average molecular weight is 585 g/mol. The molecule has 0 aliphatic rings. The molecule has 0 unspecified atom stereocenters. The van der Waals surface area contributed by atoms with Gasteiger partial charge in [-0.3, -0.25) is 0 Å². The second-order valence-corrected chi connectivity index (χ2v) is 11.8. The molecule has 0 spiro atoms. The molecule has 0 N–H and O–H groups in total. The Kier molecular flexibility index (Phi) is 6.17. The van der Waals surface area contributed by atoms with E-state index in [2.05, 4.69) is 170 Å². The molecule has 0 aliphatic carbocycles. The Bertz CT molecular complexity index is 2550. The van der Waals surface area contributed by atoms with E-state index < -0.39 is 0 Å². The van der Waals surface area contributed by atoms with E-state index in [1.54, 1.807) is 0 Å². The summed E-state index contributed by atoms with van der Waals surface area (Å²) >= 11 is 0. The Labute approximate surface area is 267 Å². The van der Waals surface area contributed by atoms with Crippen molar-refractivity contribution in [3.63, 3.8) is 0 Å². The first-order chi connectivity index (χ1) is 22.8. The first-order valence-corrected chi connectivity index (χ1v) is 15.7. The minimum Gasteiger partial charge on any atom is -0.247 e. The van der Waals surface area contributed by atoms with E-state index in [9.17, 15) is 0 Å². The third kappa shape index (κ3) is 4.35. The lowest BCUT2D eigenvalue weighted by molar-refractivity contribution is 1.40. The monoisotopic (exact) mass is 584 g/mol. The maximum Gasteiger partial charge on any atom is 0.0794 e. The first-order valence-electron chi connectivity index (χ1n) is 15.7. The number of fused-ring (bicyclic) bond motifs is 6.